The molecular weight excluding hydrogens is 254 g/mol. The second-order valence-corrected chi connectivity index (χ2v) is 5.96. The van der Waals surface area contributed by atoms with Crippen LogP contribution in [-0.2, 0) is 6.54 Å². The van der Waals surface area contributed by atoms with E-state index in [4.69, 9.17) is 0 Å². The van der Waals surface area contributed by atoms with Gasteiger partial charge < -0.3 is 5.32 Å². The first-order valence-corrected chi connectivity index (χ1v) is 7.09. The van der Waals surface area contributed by atoms with E-state index in [0.29, 0.717) is 6.04 Å². The van der Waals surface area contributed by atoms with Crippen LogP contribution < -0.4 is 5.32 Å². The number of hydrogen-bond acceptors (Lipinski definition) is 4. The lowest BCUT2D eigenvalue weighted by molar-refractivity contribution is 0.200. The Bertz CT molecular complexity index is 364. The highest BCUT2D eigenvalue weighted by molar-refractivity contribution is 7.09. The van der Waals surface area contributed by atoms with Crippen LogP contribution >= 0.6 is 23.7 Å². The monoisotopic (exact) mass is 273 g/mol. The third-order valence-corrected chi connectivity index (χ3v) is 4.29. The van der Waals surface area contributed by atoms with Crippen molar-refractivity contribution < 1.29 is 0 Å². The zero-order chi connectivity index (χ0) is 11.0. The summed E-state index contributed by atoms with van der Waals surface area (Å²) in [5, 5.41) is 3.49. The van der Waals surface area contributed by atoms with Crippen LogP contribution in [0.2, 0.25) is 0 Å². The minimum atomic E-state index is 0. The van der Waals surface area contributed by atoms with Gasteiger partial charge in [0, 0.05) is 43.0 Å². The van der Waals surface area contributed by atoms with E-state index in [0.717, 1.165) is 19.0 Å². The van der Waals surface area contributed by atoms with Gasteiger partial charge in [-0.15, -0.1) is 23.7 Å². The van der Waals surface area contributed by atoms with Crippen LogP contribution in [0.4, 0.5) is 0 Å². The lowest BCUT2D eigenvalue weighted by Gasteiger charge is -2.31. The molecule has 5 heteroatoms. The van der Waals surface area contributed by atoms with Crippen LogP contribution in [0, 0.1) is 0 Å². The maximum absolute atomic E-state index is 4.54. The van der Waals surface area contributed by atoms with Crippen molar-refractivity contribution >= 4 is 23.7 Å². The fourth-order valence-corrected chi connectivity index (χ4v) is 3.34. The molecule has 17 heavy (non-hydrogen) atoms. The van der Waals surface area contributed by atoms with Crippen molar-refractivity contribution in [1.29, 1.82) is 0 Å². The highest BCUT2D eigenvalue weighted by Crippen LogP contribution is 2.42. The molecule has 1 aliphatic carbocycles. The summed E-state index contributed by atoms with van der Waals surface area (Å²) in [5.41, 5.74) is 3.42. The van der Waals surface area contributed by atoms with E-state index in [9.17, 15) is 0 Å². The predicted molar refractivity (Wildman–Crippen MR) is 74.1 cm³/mol. The van der Waals surface area contributed by atoms with Crippen LogP contribution in [0.25, 0.3) is 0 Å². The Morgan fingerprint density at radius 1 is 1.53 bits per heavy atom. The van der Waals surface area contributed by atoms with Crippen molar-refractivity contribution in [1.82, 2.24) is 15.2 Å². The Morgan fingerprint density at radius 3 is 3.06 bits per heavy atom. The summed E-state index contributed by atoms with van der Waals surface area (Å²) in [6, 6.07) is 0.631. The average molecular weight is 274 g/mol. The number of halogens is 1. The Labute approximate surface area is 113 Å². The number of aromatic nitrogens is 1. The van der Waals surface area contributed by atoms with Gasteiger partial charge >= 0.3 is 0 Å². The molecule has 1 aliphatic heterocycles. The molecule has 1 N–H and O–H groups in total. The van der Waals surface area contributed by atoms with Gasteiger partial charge in [0.2, 0.25) is 0 Å². The molecule has 0 radical (unpaired) electrons. The van der Waals surface area contributed by atoms with Crippen LogP contribution in [0.1, 0.15) is 36.3 Å². The third-order valence-electron chi connectivity index (χ3n) is 3.46. The quantitative estimate of drug-likeness (QED) is 0.916. The first kappa shape index (κ1) is 13.3. The molecule has 1 saturated heterocycles. The lowest BCUT2D eigenvalue weighted by atomic mass is 10.2. The summed E-state index contributed by atoms with van der Waals surface area (Å²) in [6.45, 7) is 6.84. The van der Waals surface area contributed by atoms with E-state index < -0.39 is 0 Å². The molecule has 0 amide bonds. The number of nitrogens with one attached hydrogen (secondary N) is 1. The van der Waals surface area contributed by atoms with Crippen molar-refractivity contribution in [2.24, 2.45) is 0 Å². The van der Waals surface area contributed by atoms with Gasteiger partial charge in [0.05, 0.1) is 11.2 Å². The summed E-state index contributed by atoms with van der Waals surface area (Å²) >= 11 is 1.84. The summed E-state index contributed by atoms with van der Waals surface area (Å²) in [6.07, 6.45) is 2.71. The predicted octanol–water partition coefficient (Wildman–Crippen LogP) is 2.24. The molecule has 1 saturated carbocycles. The number of piperazine rings is 1. The second kappa shape index (κ2) is 5.65. The van der Waals surface area contributed by atoms with Crippen molar-refractivity contribution in [3.63, 3.8) is 0 Å². The standard InChI is InChI=1S/C12H19N3S.ClH/c1-9-6-15(5-4-13-9)7-11-12(10-2-3-10)14-8-16-11;/h8-10,13H,2-7H2,1H3;1H/t9-;/m1./s1. The summed E-state index contributed by atoms with van der Waals surface area (Å²) in [5.74, 6) is 0.793. The fourth-order valence-electron chi connectivity index (χ4n) is 2.45. The molecule has 3 rings (SSSR count). The zero-order valence-corrected chi connectivity index (χ0v) is 11.8. The summed E-state index contributed by atoms with van der Waals surface area (Å²) < 4.78 is 0. The van der Waals surface area contributed by atoms with E-state index in [1.54, 1.807) is 0 Å². The Balaban J connectivity index is 0.00000108. The lowest BCUT2D eigenvalue weighted by Crippen LogP contribution is -2.48. The first-order valence-electron chi connectivity index (χ1n) is 6.21. The highest BCUT2D eigenvalue weighted by atomic mass is 35.5. The molecule has 2 aliphatic rings. The molecule has 1 aromatic heterocycles. The van der Waals surface area contributed by atoms with E-state index >= 15 is 0 Å². The maximum atomic E-state index is 4.54. The Morgan fingerprint density at radius 2 is 2.35 bits per heavy atom. The molecule has 2 heterocycles. The molecule has 2 fully saturated rings. The zero-order valence-electron chi connectivity index (χ0n) is 10.2. The van der Waals surface area contributed by atoms with E-state index in [-0.39, 0.29) is 12.4 Å². The number of rotatable bonds is 3. The fraction of sp³-hybridized carbons (Fsp3) is 0.750. The van der Waals surface area contributed by atoms with Gasteiger partial charge in [0.25, 0.3) is 0 Å². The van der Waals surface area contributed by atoms with Gasteiger partial charge in [-0.3, -0.25) is 4.90 Å². The van der Waals surface area contributed by atoms with Crippen molar-refractivity contribution in [3.05, 3.63) is 16.1 Å². The molecule has 0 aromatic carbocycles. The minimum absolute atomic E-state index is 0. The number of thiazole rings is 1. The van der Waals surface area contributed by atoms with Crippen LogP contribution in [0.3, 0.4) is 0 Å². The molecule has 0 bridgehead atoms. The van der Waals surface area contributed by atoms with Crippen molar-refractivity contribution in [3.8, 4) is 0 Å². The average Bonchev–Trinajstić information content (AvgIpc) is 3.00. The van der Waals surface area contributed by atoms with Gasteiger partial charge in [-0.25, -0.2) is 4.98 Å². The normalized spacial score (nSPS) is 25.6. The summed E-state index contributed by atoms with van der Waals surface area (Å²) in [7, 11) is 0. The highest BCUT2D eigenvalue weighted by Gasteiger charge is 2.29. The first-order chi connectivity index (χ1) is 7.83. The number of nitrogens with zero attached hydrogens (tertiary/aromatic N) is 2. The molecule has 0 spiro atoms. The van der Waals surface area contributed by atoms with E-state index in [2.05, 4.69) is 22.1 Å². The van der Waals surface area contributed by atoms with E-state index in [1.807, 2.05) is 16.8 Å². The van der Waals surface area contributed by atoms with E-state index in [1.165, 1.54) is 36.5 Å². The van der Waals surface area contributed by atoms with Crippen molar-refractivity contribution in [2.75, 3.05) is 19.6 Å². The van der Waals surface area contributed by atoms with Crippen LogP contribution in [0.15, 0.2) is 5.51 Å². The third kappa shape index (κ3) is 3.19. The Kier molecular flexibility index (Phi) is 4.42. The molecular formula is C12H20ClN3S. The van der Waals surface area contributed by atoms with Crippen molar-refractivity contribution in [2.45, 2.75) is 38.3 Å². The molecule has 3 nitrogen and oxygen atoms in total. The van der Waals surface area contributed by atoms with Gasteiger partial charge in [-0.1, -0.05) is 0 Å². The Hall–Kier alpha value is -0.160. The molecule has 1 aromatic rings. The minimum Gasteiger partial charge on any atom is -0.312 e. The van der Waals surface area contributed by atoms with Gasteiger partial charge in [-0.05, 0) is 19.8 Å². The SMILES string of the molecule is C[C@@H]1CN(Cc2scnc2C2CC2)CCN1.Cl. The summed E-state index contributed by atoms with van der Waals surface area (Å²) in [4.78, 5) is 8.61. The van der Waals surface area contributed by atoms with Gasteiger partial charge in [0.15, 0.2) is 0 Å². The van der Waals surface area contributed by atoms with Crippen LogP contribution in [-0.4, -0.2) is 35.6 Å². The van der Waals surface area contributed by atoms with Crippen LogP contribution in [0.5, 0.6) is 0 Å². The second-order valence-electron chi connectivity index (χ2n) is 5.03. The smallest absolute Gasteiger partial charge is 0.0798 e. The molecule has 96 valence electrons. The van der Waals surface area contributed by atoms with Gasteiger partial charge in [0.1, 0.15) is 0 Å². The molecule has 0 unspecified atom stereocenters. The maximum Gasteiger partial charge on any atom is 0.0798 e. The van der Waals surface area contributed by atoms with Gasteiger partial charge in [-0.2, -0.15) is 0 Å². The largest absolute Gasteiger partial charge is 0.312 e. The molecule has 1 atom stereocenters. The number of hydrogen-bond donors (Lipinski definition) is 1. The topological polar surface area (TPSA) is 28.2 Å².